The Labute approximate surface area is 89.2 Å². The standard InChI is InChI=1S/C9H7F3N2O2/c1-15-7-4-6(2-3-13)14-8(5-7)16-9(10,11)12/h4-5H,2H2,1H3. The zero-order valence-electron chi connectivity index (χ0n) is 8.21. The minimum Gasteiger partial charge on any atom is -0.496 e. The van der Waals surface area contributed by atoms with E-state index in [1.54, 1.807) is 6.07 Å². The monoisotopic (exact) mass is 232 g/mol. The molecular formula is C9H7F3N2O2. The first-order chi connectivity index (χ1) is 7.44. The summed E-state index contributed by atoms with van der Waals surface area (Å²) in [5.74, 6) is -0.489. The SMILES string of the molecule is COc1cc(CC#N)nc(OC(F)(F)F)c1. The van der Waals surface area contributed by atoms with Crippen LogP contribution < -0.4 is 9.47 Å². The van der Waals surface area contributed by atoms with Crippen molar-refractivity contribution < 1.29 is 22.6 Å². The van der Waals surface area contributed by atoms with Gasteiger partial charge in [-0.05, 0) is 0 Å². The normalized spacial score (nSPS) is 10.7. The van der Waals surface area contributed by atoms with Crippen LogP contribution in [0.5, 0.6) is 11.6 Å². The summed E-state index contributed by atoms with van der Waals surface area (Å²) in [4.78, 5) is 3.51. The molecule has 0 aliphatic rings. The summed E-state index contributed by atoms with van der Waals surface area (Å²) >= 11 is 0. The molecule has 4 nitrogen and oxygen atoms in total. The first kappa shape index (κ1) is 12.1. The van der Waals surface area contributed by atoms with Gasteiger partial charge >= 0.3 is 6.36 Å². The Morgan fingerprint density at radius 3 is 2.62 bits per heavy atom. The molecule has 0 saturated carbocycles. The molecule has 0 bridgehead atoms. The van der Waals surface area contributed by atoms with Crippen LogP contribution in [0.1, 0.15) is 5.69 Å². The molecule has 7 heteroatoms. The predicted octanol–water partition coefficient (Wildman–Crippen LogP) is 2.05. The molecule has 0 amide bonds. The number of alkyl halides is 3. The van der Waals surface area contributed by atoms with Gasteiger partial charge in [0.2, 0.25) is 5.88 Å². The number of hydrogen-bond donors (Lipinski definition) is 0. The number of ether oxygens (including phenoxy) is 2. The van der Waals surface area contributed by atoms with E-state index in [0.29, 0.717) is 0 Å². The van der Waals surface area contributed by atoms with Crippen molar-refractivity contribution in [2.45, 2.75) is 12.8 Å². The number of nitrogens with zero attached hydrogens (tertiary/aromatic N) is 2. The Morgan fingerprint density at radius 1 is 1.44 bits per heavy atom. The predicted molar refractivity (Wildman–Crippen MR) is 46.8 cm³/mol. The van der Waals surface area contributed by atoms with Crippen molar-refractivity contribution in [2.24, 2.45) is 0 Å². The molecule has 86 valence electrons. The average Bonchev–Trinajstić information content (AvgIpc) is 2.15. The van der Waals surface area contributed by atoms with E-state index in [1.807, 2.05) is 0 Å². The molecule has 0 spiro atoms. The second-order valence-electron chi connectivity index (χ2n) is 2.72. The second kappa shape index (κ2) is 4.70. The van der Waals surface area contributed by atoms with Crippen LogP contribution in [0.25, 0.3) is 0 Å². The van der Waals surface area contributed by atoms with Crippen LogP contribution in [0.2, 0.25) is 0 Å². The van der Waals surface area contributed by atoms with E-state index in [0.717, 1.165) is 6.07 Å². The van der Waals surface area contributed by atoms with Crippen molar-refractivity contribution >= 4 is 0 Å². The lowest BCUT2D eigenvalue weighted by Crippen LogP contribution is -2.18. The van der Waals surface area contributed by atoms with Gasteiger partial charge in [-0.3, -0.25) is 0 Å². The van der Waals surface area contributed by atoms with E-state index in [9.17, 15) is 13.2 Å². The van der Waals surface area contributed by atoms with Gasteiger partial charge in [0.1, 0.15) is 5.75 Å². The van der Waals surface area contributed by atoms with Crippen molar-refractivity contribution in [1.82, 2.24) is 4.98 Å². The second-order valence-corrected chi connectivity index (χ2v) is 2.72. The summed E-state index contributed by atoms with van der Waals surface area (Å²) in [5.41, 5.74) is 0.154. The van der Waals surface area contributed by atoms with Crippen LogP contribution in [0, 0.1) is 11.3 Å². The lowest BCUT2D eigenvalue weighted by molar-refractivity contribution is -0.276. The molecule has 0 saturated heterocycles. The fraction of sp³-hybridized carbons (Fsp3) is 0.333. The first-order valence-electron chi connectivity index (χ1n) is 4.12. The molecule has 0 fully saturated rings. The molecule has 1 aromatic rings. The fourth-order valence-corrected chi connectivity index (χ4v) is 0.994. The summed E-state index contributed by atoms with van der Waals surface area (Å²) in [6, 6.07) is 4.13. The van der Waals surface area contributed by atoms with Gasteiger partial charge in [-0.25, -0.2) is 4.98 Å². The van der Waals surface area contributed by atoms with Gasteiger partial charge in [0, 0.05) is 12.1 Å². The summed E-state index contributed by atoms with van der Waals surface area (Å²) < 4.78 is 44.2. The quantitative estimate of drug-likeness (QED) is 0.800. The molecule has 0 N–H and O–H groups in total. The highest BCUT2D eigenvalue weighted by atomic mass is 19.4. The molecule has 0 aliphatic carbocycles. The Kier molecular flexibility index (Phi) is 3.55. The number of nitriles is 1. The maximum absolute atomic E-state index is 11.9. The molecule has 0 aromatic carbocycles. The minimum atomic E-state index is -4.82. The zero-order chi connectivity index (χ0) is 12.2. The van der Waals surface area contributed by atoms with E-state index in [2.05, 4.69) is 9.72 Å². The van der Waals surface area contributed by atoms with Gasteiger partial charge in [-0.1, -0.05) is 0 Å². The van der Waals surface area contributed by atoms with Crippen LogP contribution in [0.4, 0.5) is 13.2 Å². The van der Waals surface area contributed by atoms with Gasteiger partial charge in [-0.2, -0.15) is 5.26 Å². The third-order valence-corrected chi connectivity index (χ3v) is 1.54. The summed E-state index contributed by atoms with van der Waals surface area (Å²) in [5, 5.41) is 8.41. The van der Waals surface area contributed by atoms with Crippen molar-refractivity contribution in [3.63, 3.8) is 0 Å². The number of aromatic nitrogens is 1. The third kappa shape index (κ3) is 3.65. The van der Waals surface area contributed by atoms with Gasteiger partial charge in [0.05, 0.1) is 25.3 Å². The number of pyridine rings is 1. The number of methoxy groups -OCH3 is 1. The number of hydrogen-bond acceptors (Lipinski definition) is 4. The van der Waals surface area contributed by atoms with Crippen molar-refractivity contribution in [2.75, 3.05) is 7.11 Å². The Bertz CT molecular complexity index is 412. The summed E-state index contributed by atoms with van der Waals surface area (Å²) in [6.07, 6.45) is -4.94. The summed E-state index contributed by atoms with van der Waals surface area (Å²) in [6.45, 7) is 0. The zero-order valence-corrected chi connectivity index (χ0v) is 8.21. The van der Waals surface area contributed by atoms with Gasteiger partial charge < -0.3 is 9.47 Å². The minimum absolute atomic E-state index is 0.120. The fourth-order valence-electron chi connectivity index (χ4n) is 0.994. The highest BCUT2D eigenvalue weighted by Gasteiger charge is 2.32. The lowest BCUT2D eigenvalue weighted by Gasteiger charge is -2.10. The molecule has 0 aliphatic heterocycles. The molecular weight excluding hydrogens is 225 g/mol. The lowest BCUT2D eigenvalue weighted by atomic mass is 10.3. The van der Waals surface area contributed by atoms with Crippen LogP contribution in [-0.2, 0) is 6.42 Å². The van der Waals surface area contributed by atoms with Crippen LogP contribution in [-0.4, -0.2) is 18.5 Å². The molecule has 1 rings (SSSR count). The van der Waals surface area contributed by atoms with Crippen LogP contribution in [0.15, 0.2) is 12.1 Å². The van der Waals surface area contributed by atoms with E-state index < -0.39 is 12.2 Å². The Hall–Kier alpha value is -1.97. The van der Waals surface area contributed by atoms with E-state index in [1.165, 1.54) is 13.2 Å². The maximum Gasteiger partial charge on any atom is 0.574 e. The first-order valence-corrected chi connectivity index (χ1v) is 4.12. The van der Waals surface area contributed by atoms with E-state index in [-0.39, 0.29) is 17.9 Å². The molecule has 0 unspecified atom stereocenters. The molecule has 1 aromatic heterocycles. The Balaban J connectivity index is 3.00. The highest BCUT2D eigenvalue weighted by Crippen LogP contribution is 2.25. The highest BCUT2D eigenvalue weighted by molar-refractivity contribution is 5.31. The van der Waals surface area contributed by atoms with Crippen LogP contribution in [0.3, 0.4) is 0 Å². The third-order valence-electron chi connectivity index (χ3n) is 1.54. The van der Waals surface area contributed by atoms with E-state index >= 15 is 0 Å². The topological polar surface area (TPSA) is 55.1 Å². The van der Waals surface area contributed by atoms with Gasteiger partial charge in [0.15, 0.2) is 0 Å². The maximum atomic E-state index is 11.9. The largest absolute Gasteiger partial charge is 0.574 e. The van der Waals surface area contributed by atoms with E-state index in [4.69, 9.17) is 10.00 Å². The molecule has 0 atom stereocenters. The van der Waals surface area contributed by atoms with Crippen molar-refractivity contribution in [1.29, 1.82) is 5.26 Å². The number of rotatable bonds is 3. The Morgan fingerprint density at radius 2 is 2.12 bits per heavy atom. The smallest absolute Gasteiger partial charge is 0.496 e. The van der Waals surface area contributed by atoms with Gasteiger partial charge in [-0.15, -0.1) is 13.2 Å². The average molecular weight is 232 g/mol. The van der Waals surface area contributed by atoms with Crippen molar-refractivity contribution in [3.05, 3.63) is 17.8 Å². The number of halogens is 3. The van der Waals surface area contributed by atoms with Crippen LogP contribution >= 0.6 is 0 Å². The summed E-state index contributed by atoms with van der Waals surface area (Å²) in [7, 11) is 1.29. The molecule has 1 heterocycles. The molecule has 0 radical (unpaired) electrons. The molecule has 16 heavy (non-hydrogen) atoms. The van der Waals surface area contributed by atoms with Gasteiger partial charge in [0.25, 0.3) is 0 Å². The van der Waals surface area contributed by atoms with Crippen molar-refractivity contribution in [3.8, 4) is 17.7 Å².